The molecule has 0 unspecified atom stereocenters. The van der Waals surface area contributed by atoms with Crippen LogP contribution in [0.1, 0.15) is 298 Å². The standard InChI is InChI=1S/C55H110O6P2/c1-7-11-15-19-23-27-31-35-47-56-62(57-48-36-32-28-24-20-16-12-8-2)60-53-43-39-51(40-44-53)55(5,6)52-41-45-54(46-42-52)61-63(58-49-37-33-29-25-21-17-13-9-3)59-50-38-34-30-26-22-18-14-10-4/h51-54H,7-50H2,1-6H3. The molecule has 0 aromatic heterocycles. The third-order valence-electron chi connectivity index (χ3n) is 14.7. The monoisotopic (exact) mass is 929 g/mol. The van der Waals surface area contributed by atoms with Gasteiger partial charge in [-0.2, -0.15) is 0 Å². The average Bonchev–Trinajstić information content (AvgIpc) is 3.29. The van der Waals surface area contributed by atoms with Crippen molar-refractivity contribution in [3.05, 3.63) is 0 Å². The van der Waals surface area contributed by atoms with Gasteiger partial charge in [0.15, 0.2) is 0 Å². The fourth-order valence-electron chi connectivity index (χ4n) is 10.1. The third-order valence-corrected chi connectivity index (χ3v) is 17.2. The Bertz CT molecular complexity index is 824. The summed E-state index contributed by atoms with van der Waals surface area (Å²) in [6, 6.07) is 0. The Morgan fingerprint density at radius 2 is 0.508 bits per heavy atom. The van der Waals surface area contributed by atoms with E-state index in [1.54, 1.807) is 0 Å². The first-order valence-corrected chi connectivity index (χ1v) is 30.6. The fraction of sp³-hybridized carbons (Fsp3) is 1.00. The zero-order valence-electron chi connectivity index (χ0n) is 43.3. The Hall–Kier alpha value is 0.620. The Balaban J connectivity index is 1.78. The van der Waals surface area contributed by atoms with Gasteiger partial charge in [-0.1, -0.05) is 221 Å². The van der Waals surface area contributed by atoms with Crippen molar-refractivity contribution in [2.24, 2.45) is 17.3 Å². The molecule has 2 aliphatic rings. The molecule has 0 saturated heterocycles. The smallest absolute Gasteiger partial charge is 0.312 e. The molecule has 8 heteroatoms. The molecule has 0 bridgehead atoms. The van der Waals surface area contributed by atoms with Crippen LogP contribution in [0.3, 0.4) is 0 Å². The highest BCUT2D eigenvalue weighted by molar-refractivity contribution is 7.42. The maximum atomic E-state index is 6.70. The second kappa shape index (κ2) is 42.7. The first-order chi connectivity index (χ1) is 30.9. The summed E-state index contributed by atoms with van der Waals surface area (Å²) in [7, 11) is -2.54. The summed E-state index contributed by atoms with van der Waals surface area (Å²) in [6.45, 7) is 17.4. The zero-order valence-corrected chi connectivity index (χ0v) is 45.1. The van der Waals surface area contributed by atoms with Gasteiger partial charge in [0.2, 0.25) is 0 Å². The van der Waals surface area contributed by atoms with Gasteiger partial charge in [-0.3, -0.25) is 0 Å². The highest BCUT2D eigenvalue weighted by atomic mass is 31.2. The molecular weight excluding hydrogens is 819 g/mol. The van der Waals surface area contributed by atoms with E-state index in [0.717, 1.165) is 89.6 Å². The largest absolute Gasteiger partial charge is 0.332 e. The minimum atomic E-state index is -1.27. The van der Waals surface area contributed by atoms with E-state index >= 15 is 0 Å². The molecule has 0 aromatic carbocycles. The molecule has 0 spiro atoms. The van der Waals surface area contributed by atoms with Crippen LogP contribution in [-0.2, 0) is 27.1 Å². The quantitative estimate of drug-likeness (QED) is 0.0448. The SMILES string of the molecule is CCCCCCCCCCOP(OCCCCCCCCCC)OC1CCC(C(C)(C)C2CCC(OP(OCCCCCCCCCC)OCCCCCCCCCC)CC2)CC1. The van der Waals surface area contributed by atoms with E-state index in [-0.39, 0.29) is 12.2 Å². The summed E-state index contributed by atoms with van der Waals surface area (Å²) in [4.78, 5) is 0. The zero-order chi connectivity index (χ0) is 45.3. The summed E-state index contributed by atoms with van der Waals surface area (Å²) in [5, 5.41) is 0. The summed E-state index contributed by atoms with van der Waals surface area (Å²) in [6.07, 6.45) is 52.1. The predicted octanol–water partition coefficient (Wildman–Crippen LogP) is 20.2. The first kappa shape index (κ1) is 59.7. The maximum Gasteiger partial charge on any atom is 0.332 e. The van der Waals surface area contributed by atoms with Crippen molar-refractivity contribution < 1.29 is 27.1 Å². The van der Waals surface area contributed by atoms with Crippen LogP contribution in [-0.4, -0.2) is 38.6 Å². The molecule has 2 aliphatic carbocycles. The topological polar surface area (TPSA) is 55.4 Å². The van der Waals surface area contributed by atoms with Crippen molar-refractivity contribution in [3.63, 3.8) is 0 Å². The van der Waals surface area contributed by atoms with E-state index in [4.69, 9.17) is 27.1 Å². The van der Waals surface area contributed by atoms with Crippen molar-refractivity contribution in [2.75, 3.05) is 26.4 Å². The molecule has 376 valence electrons. The molecule has 2 saturated carbocycles. The highest BCUT2D eigenvalue weighted by Crippen LogP contribution is 2.52. The Morgan fingerprint density at radius 3 is 0.730 bits per heavy atom. The molecule has 6 nitrogen and oxygen atoms in total. The molecule has 0 aromatic rings. The lowest BCUT2D eigenvalue weighted by Crippen LogP contribution is -2.38. The van der Waals surface area contributed by atoms with Crippen LogP contribution in [0.15, 0.2) is 0 Å². The predicted molar refractivity (Wildman–Crippen MR) is 276 cm³/mol. The van der Waals surface area contributed by atoms with Gasteiger partial charge in [-0.15, -0.1) is 0 Å². The molecule has 2 rings (SSSR count). The molecule has 0 aliphatic heterocycles. The van der Waals surface area contributed by atoms with Gasteiger partial charge in [0.05, 0.1) is 38.6 Å². The van der Waals surface area contributed by atoms with E-state index in [0.29, 0.717) is 5.41 Å². The second-order valence-corrected chi connectivity index (χ2v) is 23.0. The average molecular weight is 929 g/mol. The summed E-state index contributed by atoms with van der Waals surface area (Å²) < 4.78 is 38.9. The van der Waals surface area contributed by atoms with Crippen LogP contribution >= 0.6 is 17.2 Å². The van der Waals surface area contributed by atoms with Crippen LogP contribution in [0, 0.1) is 17.3 Å². The number of rotatable bonds is 46. The van der Waals surface area contributed by atoms with Crippen molar-refractivity contribution in [1.29, 1.82) is 0 Å². The Labute approximate surface area is 397 Å². The van der Waals surface area contributed by atoms with Gasteiger partial charge < -0.3 is 27.1 Å². The third kappa shape index (κ3) is 32.1. The highest BCUT2D eigenvalue weighted by Gasteiger charge is 2.41. The van der Waals surface area contributed by atoms with Crippen LogP contribution in [0.25, 0.3) is 0 Å². The van der Waals surface area contributed by atoms with Crippen LogP contribution < -0.4 is 0 Å². The van der Waals surface area contributed by atoms with Crippen molar-refractivity contribution in [3.8, 4) is 0 Å². The molecular formula is C55H110O6P2. The maximum absolute atomic E-state index is 6.70. The Morgan fingerprint density at radius 1 is 0.302 bits per heavy atom. The number of hydrogen-bond acceptors (Lipinski definition) is 6. The minimum absolute atomic E-state index is 0.264. The lowest BCUT2D eigenvalue weighted by atomic mass is 9.60. The molecule has 0 amide bonds. The number of unbranched alkanes of at least 4 members (excludes halogenated alkanes) is 28. The van der Waals surface area contributed by atoms with Gasteiger partial charge in [0, 0.05) is 0 Å². The molecule has 2 fully saturated rings. The normalized spacial score (nSPS) is 19.8. The fourth-order valence-corrected chi connectivity index (χ4v) is 12.5. The molecule has 0 heterocycles. The van der Waals surface area contributed by atoms with E-state index in [1.165, 1.54) is 205 Å². The summed E-state index contributed by atoms with van der Waals surface area (Å²) in [5.41, 5.74) is 0.325. The first-order valence-electron chi connectivity index (χ1n) is 28.4. The van der Waals surface area contributed by atoms with E-state index < -0.39 is 17.2 Å². The Kier molecular flexibility index (Phi) is 40.5. The van der Waals surface area contributed by atoms with Gasteiger partial charge in [0.1, 0.15) is 0 Å². The van der Waals surface area contributed by atoms with Gasteiger partial charge in [0.25, 0.3) is 0 Å². The molecule has 0 atom stereocenters. The molecule has 63 heavy (non-hydrogen) atoms. The van der Waals surface area contributed by atoms with Crippen molar-refractivity contribution in [2.45, 2.75) is 311 Å². The number of hydrogen-bond donors (Lipinski definition) is 0. The van der Waals surface area contributed by atoms with Crippen molar-refractivity contribution >= 4 is 17.2 Å². The van der Waals surface area contributed by atoms with E-state index in [2.05, 4.69) is 41.5 Å². The van der Waals surface area contributed by atoms with Crippen LogP contribution in [0.2, 0.25) is 0 Å². The lowest BCUT2D eigenvalue weighted by molar-refractivity contribution is 0.00223. The minimum Gasteiger partial charge on any atom is -0.312 e. The van der Waals surface area contributed by atoms with E-state index in [1.807, 2.05) is 0 Å². The summed E-state index contributed by atoms with van der Waals surface area (Å²) >= 11 is 0. The van der Waals surface area contributed by atoms with Gasteiger partial charge in [-0.25, -0.2) is 0 Å². The van der Waals surface area contributed by atoms with Crippen LogP contribution in [0.5, 0.6) is 0 Å². The lowest BCUT2D eigenvalue weighted by Gasteiger charge is -2.46. The molecule has 0 N–H and O–H groups in total. The molecule has 0 radical (unpaired) electrons. The second-order valence-electron chi connectivity index (χ2n) is 20.7. The van der Waals surface area contributed by atoms with Crippen LogP contribution in [0.4, 0.5) is 0 Å². The summed E-state index contributed by atoms with van der Waals surface area (Å²) in [5.74, 6) is 1.48. The van der Waals surface area contributed by atoms with Gasteiger partial charge >= 0.3 is 17.2 Å². The van der Waals surface area contributed by atoms with Crippen molar-refractivity contribution in [1.82, 2.24) is 0 Å². The van der Waals surface area contributed by atoms with E-state index in [9.17, 15) is 0 Å². The van der Waals surface area contributed by atoms with Gasteiger partial charge in [-0.05, 0) is 94.3 Å².